The second-order valence-corrected chi connectivity index (χ2v) is 9.08. The largest absolute Gasteiger partial charge is 0.385 e. The van der Waals surface area contributed by atoms with Crippen LogP contribution in [-0.2, 0) is 19.5 Å². The molecule has 0 spiro atoms. The molecule has 27 heavy (non-hydrogen) atoms. The molecule has 0 saturated carbocycles. The fourth-order valence-electron chi connectivity index (χ4n) is 3.51. The Morgan fingerprint density at radius 2 is 2.00 bits per heavy atom. The highest BCUT2D eigenvalue weighted by Gasteiger charge is 2.31. The van der Waals surface area contributed by atoms with Crippen LogP contribution in [-0.4, -0.2) is 82.6 Å². The van der Waals surface area contributed by atoms with Gasteiger partial charge in [0.05, 0.1) is 50.4 Å². The van der Waals surface area contributed by atoms with Gasteiger partial charge in [-0.25, -0.2) is 12.8 Å². The maximum atomic E-state index is 13.0. The Labute approximate surface area is 159 Å². The summed E-state index contributed by atoms with van der Waals surface area (Å²) in [7, 11) is -3.60. The minimum Gasteiger partial charge on any atom is -0.385 e. The number of aliphatic hydroxyl groups excluding tert-OH is 1. The van der Waals surface area contributed by atoms with E-state index in [4.69, 9.17) is 9.47 Å². The lowest BCUT2D eigenvalue weighted by Gasteiger charge is -2.32. The van der Waals surface area contributed by atoms with Crippen molar-refractivity contribution in [1.29, 1.82) is 0 Å². The molecule has 2 fully saturated rings. The molecule has 0 radical (unpaired) electrons. The highest BCUT2D eigenvalue weighted by atomic mass is 32.2. The third-order valence-electron chi connectivity index (χ3n) is 5.04. The van der Waals surface area contributed by atoms with Gasteiger partial charge >= 0.3 is 0 Å². The van der Waals surface area contributed by atoms with E-state index in [1.54, 1.807) is 0 Å². The van der Waals surface area contributed by atoms with Crippen LogP contribution >= 0.6 is 0 Å². The summed E-state index contributed by atoms with van der Waals surface area (Å²) in [5, 5.41) is 10.2. The van der Waals surface area contributed by atoms with Crippen molar-refractivity contribution in [2.75, 3.05) is 52.5 Å². The number of nitrogens with zero attached hydrogens (tertiary/aromatic N) is 1. The van der Waals surface area contributed by atoms with Crippen molar-refractivity contribution in [3.63, 3.8) is 0 Å². The van der Waals surface area contributed by atoms with E-state index in [-0.39, 0.29) is 17.6 Å². The van der Waals surface area contributed by atoms with Gasteiger partial charge in [-0.2, -0.15) is 4.31 Å². The highest BCUT2D eigenvalue weighted by Crippen LogP contribution is 2.16. The van der Waals surface area contributed by atoms with Crippen LogP contribution in [0.3, 0.4) is 0 Å². The number of ether oxygens (including phenoxy) is 2. The van der Waals surface area contributed by atoms with Gasteiger partial charge in [0, 0.05) is 6.61 Å². The first-order valence-corrected chi connectivity index (χ1v) is 10.9. The quantitative estimate of drug-likeness (QED) is 0.598. The molecule has 9 heteroatoms. The van der Waals surface area contributed by atoms with Gasteiger partial charge in [-0.1, -0.05) is 0 Å². The summed E-state index contributed by atoms with van der Waals surface area (Å²) in [5.74, 6) is -0.459. The van der Waals surface area contributed by atoms with Gasteiger partial charge in [0.1, 0.15) is 18.5 Å². The van der Waals surface area contributed by atoms with Gasteiger partial charge in [0.25, 0.3) is 0 Å². The zero-order chi connectivity index (χ0) is 19.3. The SMILES string of the molecule is O=S(=O)(c1ccc(F)cc1)N1CC[NH+](C[C@@H](O)COC[C@H]2CCCO2)CC1. The molecule has 2 N–H and O–H groups in total. The Morgan fingerprint density at radius 1 is 1.30 bits per heavy atom. The van der Waals surface area contributed by atoms with E-state index in [9.17, 15) is 17.9 Å². The van der Waals surface area contributed by atoms with Gasteiger partial charge in [-0.15, -0.1) is 0 Å². The van der Waals surface area contributed by atoms with Crippen molar-refractivity contribution in [3.05, 3.63) is 30.1 Å². The number of hydrogen-bond acceptors (Lipinski definition) is 5. The van der Waals surface area contributed by atoms with Crippen LogP contribution in [0.5, 0.6) is 0 Å². The van der Waals surface area contributed by atoms with Crippen molar-refractivity contribution in [1.82, 2.24) is 4.31 Å². The number of nitrogens with one attached hydrogen (secondary N) is 1. The zero-order valence-corrected chi connectivity index (χ0v) is 16.2. The third kappa shape index (κ3) is 5.69. The standard InChI is InChI=1S/C18H27FN2O5S/c19-15-3-5-18(6-4-15)27(23,24)21-9-7-20(8-10-21)12-16(22)13-25-14-17-2-1-11-26-17/h3-6,16-17,22H,1-2,7-14H2/p+1/t16-,17-/m1/s1. The highest BCUT2D eigenvalue weighted by molar-refractivity contribution is 7.89. The smallest absolute Gasteiger partial charge is 0.243 e. The monoisotopic (exact) mass is 403 g/mol. The normalized spacial score (nSPS) is 23.6. The van der Waals surface area contributed by atoms with Crippen molar-refractivity contribution in [3.8, 4) is 0 Å². The Balaban J connectivity index is 1.40. The first-order valence-electron chi connectivity index (χ1n) is 9.42. The van der Waals surface area contributed by atoms with Crippen LogP contribution in [0.1, 0.15) is 12.8 Å². The number of rotatable bonds is 8. The van der Waals surface area contributed by atoms with Crippen molar-refractivity contribution >= 4 is 10.0 Å². The predicted molar refractivity (Wildman–Crippen MR) is 96.5 cm³/mol. The molecule has 0 amide bonds. The second kappa shape index (κ2) is 9.40. The fraction of sp³-hybridized carbons (Fsp3) is 0.667. The first-order chi connectivity index (χ1) is 12.9. The van der Waals surface area contributed by atoms with Crippen molar-refractivity contribution in [2.45, 2.75) is 29.9 Å². The number of sulfonamides is 1. The van der Waals surface area contributed by atoms with E-state index < -0.39 is 21.9 Å². The lowest BCUT2D eigenvalue weighted by atomic mass is 10.2. The minimum absolute atomic E-state index is 0.106. The van der Waals surface area contributed by atoms with Gasteiger partial charge in [0.2, 0.25) is 10.0 Å². The fourth-order valence-corrected chi connectivity index (χ4v) is 4.95. The molecule has 1 aromatic carbocycles. The van der Waals surface area contributed by atoms with Crippen LogP contribution in [0.25, 0.3) is 0 Å². The molecule has 2 aliphatic heterocycles. The summed E-state index contributed by atoms with van der Waals surface area (Å²) in [6.07, 6.45) is 1.63. The van der Waals surface area contributed by atoms with Crippen LogP contribution < -0.4 is 4.90 Å². The van der Waals surface area contributed by atoms with E-state index in [0.717, 1.165) is 36.5 Å². The molecule has 7 nitrogen and oxygen atoms in total. The topological polar surface area (TPSA) is 80.5 Å². The van der Waals surface area contributed by atoms with Crippen LogP contribution in [0, 0.1) is 5.82 Å². The lowest BCUT2D eigenvalue weighted by molar-refractivity contribution is -0.906. The van der Waals surface area contributed by atoms with Crippen molar-refractivity contribution < 1.29 is 32.3 Å². The number of piperazine rings is 1. The Bertz CT molecular complexity index is 686. The number of hydrogen-bond donors (Lipinski definition) is 2. The number of benzene rings is 1. The molecular weight excluding hydrogens is 375 g/mol. The summed E-state index contributed by atoms with van der Waals surface area (Å²) in [6, 6.07) is 4.89. The van der Waals surface area contributed by atoms with Crippen LogP contribution in [0.2, 0.25) is 0 Å². The molecule has 0 bridgehead atoms. The summed E-state index contributed by atoms with van der Waals surface area (Å²) in [4.78, 5) is 1.25. The molecule has 2 aliphatic rings. The van der Waals surface area contributed by atoms with Gasteiger partial charge in [-0.3, -0.25) is 0 Å². The maximum absolute atomic E-state index is 13.0. The Hall–Kier alpha value is -1.10. The lowest BCUT2D eigenvalue weighted by Crippen LogP contribution is -3.15. The van der Waals surface area contributed by atoms with E-state index in [1.165, 1.54) is 16.4 Å². The summed E-state index contributed by atoms with van der Waals surface area (Å²) >= 11 is 0. The second-order valence-electron chi connectivity index (χ2n) is 7.14. The Morgan fingerprint density at radius 3 is 2.63 bits per heavy atom. The molecule has 2 saturated heterocycles. The summed E-state index contributed by atoms with van der Waals surface area (Å²) in [6.45, 7) is 4.06. The predicted octanol–water partition coefficient (Wildman–Crippen LogP) is -0.729. The van der Waals surface area contributed by atoms with E-state index in [0.29, 0.717) is 39.3 Å². The summed E-state index contributed by atoms with van der Waals surface area (Å²) < 4.78 is 50.7. The average molecular weight is 403 g/mol. The molecule has 152 valence electrons. The van der Waals surface area contributed by atoms with Gasteiger partial charge in [-0.05, 0) is 37.1 Å². The Kier molecular flexibility index (Phi) is 7.18. The molecule has 2 atom stereocenters. The number of halogens is 1. The first kappa shape index (κ1) is 20.6. The van der Waals surface area contributed by atoms with E-state index in [1.807, 2.05) is 0 Å². The molecular formula is C18H28FN2O5S+. The zero-order valence-electron chi connectivity index (χ0n) is 15.3. The minimum atomic E-state index is -3.60. The average Bonchev–Trinajstić information content (AvgIpc) is 3.16. The summed E-state index contributed by atoms with van der Waals surface area (Å²) in [5.41, 5.74) is 0. The number of aliphatic hydroxyl groups is 1. The van der Waals surface area contributed by atoms with Crippen molar-refractivity contribution in [2.24, 2.45) is 0 Å². The molecule has 0 unspecified atom stereocenters. The van der Waals surface area contributed by atoms with Gasteiger partial charge in [0.15, 0.2) is 0 Å². The van der Waals surface area contributed by atoms with E-state index >= 15 is 0 Å². The van der Waals surface area contributed by atoms with Gasteiger partial charge < -0.3 is 19.5 Å². The maximum Gasteiger partial charge on any atom is 0.243 e. The molecule has 0 aromatic heterocycles. The van der Waals surface area contributed by atoms with E-state index in [2.05, 4.69) is 0 Å². The van der Waals surface area contributed by atoms with Crippen LogP contribution in [0.4, 0.5) is 4.39 Å². The molecule has 2 heterocycles. The third-order valence-corrected chi connectivity index (χ3v) is 6.96. The molecule has 3 rings (SSSR count). The van der Waals surface area contributed by atoms with Crippen LogP contribution in [0.15, 0.2) is 29.2 Å². The number of quaternary nitrogens is 1. The molecule has 1 aromatic rings. The molecule has 0 aliphatic carbocycles.